The van der Waals surface area contributed by atoms with Crippen molar-refractivity contribution in [2.45, 2.75) is 32.6 Å². The summed E-state index contributed by atoms with van der Waals surface area (Å²) in [5.41, 5.74) is 1.44. The molecule has 0 saturated carbocycles. The van der Waals surface area contributed by atoms with E-state index in [1.54, 1.807) is 7.11 Å². The van der Waals surface area contributed by atoms with Gasteiger partial charge in [-0.15, -0.1) is 0 Å². The highest BCUT2D eigenvalue weighted by molar-refractivity contribution is 5.91. The van der Waals surface area contributed by atoms with Gasteiger partial charge >= 0.3 is 0 Å². The van der Waals surface area contributed by atoms with E-state index in [2.05, 4.69) is 43.3 Å². The van der Waals surface area contributed by atoms with E-state index in [0.717, 1.165) is 5.75 Å². The Kier molecular flexibility index (Phi) is 4.03. The molecule has 0 N–H and O–H groups in total. The molecule has 1 nitrogen and oxygen atoms in total. The molecule has 0 unspecified atom stereocenters. The van der Waals surface area contributed by atoms with Gasteiger partial charge in [0.25, 0.3) is 0 Å². The van der Waals surface area contributed by atoms with Gasteiger partial charge in [-0.3, -0.25) is 0 Å². The zero-order valence-corrected chi connectivity index (χ0v) is 10.7. The van der Waals surface area contributed by atoms with E-state index in [1.807, 2.05) is 0 Å². The summed E-state index contributed by atoms with van der Waals surface area (Å²) in [6.07, 6.45) is 5.01. The first kappa shape index (κ1) is 12.0. The number of benzene rings is 2. The van der Waals surface area contributed by atoms with Gasteiger partial charge in [0.1, 0.15) is 5.75 Å². The highest BCUT2D eigenvalue weighted by Crippen LogP contribution is 2.29. The number of aryl methyl sites for hydroxylation is 1. The second kappa shape index (κ2) is 5.72. The highest BCUT2D eigenvalue weighted by atomic mass is 16.5. The van der Waals surface area contributed by atoms with Crippen LogP contribution in [0.15, 0.2) is 36.4 Å². The van der Waals surface area contributed by atoms with Gasteiger partial charge in [0, 0.05) is 5.39 Å². The third-order valence-corrected chi connectivity index (χ3v) is 3.24. The standard InChI is InChI=1S/C16H20O/c1-3-4-5-8-13-11-12-16(17-2)15-10-7-6-9-14(13)15/h6-7,9-12H,3-5,8H2,1-2H3. The summed E-state index contributed by atoms with van der Waals surface area (Å²) in [5.74, 6) is 0.972. The number of fused-ring (bicyclic) bond motifs is 1. The first-order chi connectivity index (χ1) is 8.36. The van der Waals surface area contributed by atoms with Gasteiger partial charge in [-0.2, -0.15) is 0 Å². The molecule has 0 saturated heterocycles. The molecule has 2 aromatic carbocycles. The Hall–Kier alpha value is -1.50. The van der Waals surface area contributed by atoms with Crippen LogP contribution in [0, 0.1) is 0 Å². The van der Waals surface area contributed by atoms with Crippen LogP contribution in [0.2, 0.25) is 0 Å². The van der Waals surface area contributed by atoms with Crippen LogP contribution < -0.4 is 4.74 Å². The molecular formula is C16H20O. The summed E-state index contributed by atoms with van der Waals surface area (Å²) in [4.78, 5) is 0. The van der Waals surface area contributed by atoms with Gasteiger partial charge in [0.2, 0.25) is 0 Å². The molecular weight excluding hydrogens is 208 g/mol. The molecule has 0 aliphatic heterocycles. The summed E-state index contributed by atoms with van der Waals surface area (Å²) in [7, 11) is 1.73. The molecule has 2 rings (SSSR count). The number of ether oxygens (including phenoxy) is 1. The van der Waals surface area contributed by atoms with Crippen molar-refractivity contribution in [3.8, 4) is 5.75 Å². The molecule has 0 heterocycles. The number of hydrogen-bond acceptors (Lipinski definition) is 1. The van der Waals surface area contributed by atoms with E-state index < -0.39 is 0 Å². The van der Waals surface area contributed by atoms with Crippen LogP contribution in [0.5, 0.6) is 5.75 Å². The maximum Gasteiger partial charge on any atom is 0.126 e. The van der Waals surface area contributed by atoms with Gasteiger partial charge in [-0.25, -0.2) is 0 Å². The zero-order valence-electron chi connectivity index (χ0n) is 10.7. The van der Waals surface area contributed by atoms with Crippen molar-refractivity contribution in [1.29, 1.82) is 0 Å². The molecule has 1 heteroatoms. The molecule has 0 spiro atoms. The van der Waals surface area contributed by atoms with E-state index in [4.69, 9.17) is 4.74 Å². The molecule has 2 aromatic rings. The molecule has 0 aromatic heterocycles. The Labute approximate surface area is 103 Å². The smallest absolute Gasteiger partial charge is 0.126 e. The lowest BCUT2D eigenvalue weighted by molar-refractivity contribution is 0.419. The van der Waals surface area contributed by atoms with Crippen LogP contribution in [0.4, 0.5) is 0 Å². The second-order valence-electron chi connectivity index (χ2n) is 4.43. The van der Waals surface area contributed by atoms with Gasteiger partial charge in [0.05, 0.1) is 7.11 Å². The fourth-order valence-corrected chi connectivity index (χ4v) is 2.30. The molecule has 0 aliphatic carbocycles. The summed E-state index contributed by atoms with van der Waals surface area (Å²) in [6, 6.07) is 12.8. The normalized spacial score (nSPS) is 10.7. The van der Waals surface area contributed by atoms with Crippen LogP contribution in [0.1, 0.15) is 31.7 Å². The monoisotopic (exact) mass is 228 g/mol. The predicted molar refractivity (Wildman–Crippen MR) is 73.7 cm³/mol. The maximum atomic E-state index is 5.41. The summed E-state index contributed by atoms with van der Waals surface area (Å²) in [5, 5.41) is 2.56. The maximum absolute atomic E-state index is 5.41. The van der Waals surface area contributed by atoms with Crippen LogP contribution in [0.25, 0.3) is 10.8 Å². The third-order valence-electron chi connectivity index (χ3n) is 3.24. The van der Waals surface area contributed by atoms with Crippen LogP contribution in [-0.2, 0) is 6.42 Å². The van der Waals surface area contributed by atoms with E-state index in [1.165, 1.54) is 42.0 Å². The van der Waals surface area contributed by atoms with Gasteiger partial charge in [-0.05, 0) is 29.9 Å². The van der Waals surface area contributed by atoms with Crippen molar-refractivity contribution in [2.24, 2.45) is 0 Å². The molecule has 17 heavy (non-hydrogen) atoms. The number of unbranched alkanes of at least 4 members (excludes halogenated alkanes) is 2. The summed E-state index contributed by atoms with van der Waals surface area (Å²) in [6.45, 7) is 2.24. The Bertz CT molecular complexity index is 488. The zero-order chi connectivity index (χ0) is 12.1. The Balaban J connectivity index is 2.37. The first-order valence-corrected chi connectivity index (χ1v) is 6.41. The largest absolute Gasteiger partial charge is 0.496 e. The Morgan fingerprint density at radius 2 is 1.71 bits per heavy atom. The van der Waals surface area contributed by atoms with Crippen molar-refractivity contribution in [3.05, 3.63) is 42.0 Å². The molecule has 0 amide bonds. The number of rotatable bonds is 5. The Morgan fingerprint density at radius 3 is 2.41 bits per heavy atom. The minimum absolute atomic E-state index is 0.972. The molecule has 0 bridgehead atoms. The topological polar surface area (TPSA) is 9.23 Å². The van der Waals surface area contributed by atoms with Crippen molar-refractivity contribution >= 4 is 10.8 Å². The van der Waals surface area contributed by atoms with E-state index in [-0.39, 0.29) is 0 Å². The lowest BCUT2D eigenvalue weighted by Gasteiger charge is -2.10. The number of methoxy groups -OCH3 is 1. The van der Waals surface area contributed by atoms with Gasteiger partial charge in [-0.1, -0.05) is 50.1 Å². The van der Waals surface area contributed by atoms with E-state index >= 15 is 0 Å². The quantitative estimate of drug-likeness (QED) is 0.680. The summed E-state index contributed by atoms with van der Waals surface area (Å²) >= 11 is 0. The second-order valence-corrected chi connectivity index (χ2v) is 4.43. The average Bonchev–Trinajstić information content (AvgIpc) is 2.39. The highest BCUT2D eigenvalue weighted by Gasteiger charge is 2.05. The van der Waals surface area contributed by atoms with Crippen molar-refractivity contribution in [2.75, 3.05) is 7.11 Å². The van der Waals surface area contributed by atoms with Crippen molar-refractivity contribution < 1.29 is 4.74 Å². The Morgan fingerprint density at radius 1 is 0.941 bits per heavy atom. The first-order valence-electron chi connectivity index (χ1n) is 6.41. The minimum Gasteiger partial charge on any atom is -0.496 e. The molecule has 0 radical (unpaired) electrons. The third kappa shape index (κ3) is 2.60. The lowest BCUT2D eigenvalue weighted by Crippen LogP contribution is -1.91. The van der Waals surface area contributed by atoms with Crippen LogP contribution in [0.3, 0.4) is 0 Å². The molecule has 0 fully saturated rings. The van der Waals surface area contributed by atoms with E-state index in [9.17, 15) is 0 Å². The van der Waals surface area contributed by atoms with Crippen LogP contribution >= 0.6 is 0 Å². The number of hydrogen-bond donors (Lipinski definition) is 0. The fraction of sp³-hybridized carbons (Fsp3) is 0.375. The van der Waals surface area contributed by atoms with Crippen molar-refractivity contribution in [3.63, 3.8) is 0 Å². The van der Waals surface area contributed by atoms with Gasteiger partial charge < -0.3 is 4.74 Å². The van der Waals surface area contributed by atoms with Crippen molar-refractivity contribution in [1.82, 2.24) is 0 Å². The molecule has 90 valence electrons. The minimum atomic E-state index is 0.972. The van der Waals surface area contributed by atoms with Crippen LogP contribution in [-0.4, -0.2) is 7.11 Å². The molecule has 0 aliphatic rings. The van der Waals surface area contributed by atoms with E-state index in [0.29, 0.717) is 0 Å². The predicted octanol–water partition coefficient (Wildman–Crippen LogP) is 4.58. The SMILES string of the molecule is CCCCCc1ccc(OC)c2ccccc12. The lowest BCUT2D eigenvalue weighted by atomic mass is 9.99. The van der Waals surface area contributed by atoms with Gasteiger partial charge in [0.15, 0.2) is 0 Å². The summed E-state index contributed by atoms with van der Waals surface area (Å²) < 4.78 is 5.41. The molecule has 0 atom stereocenters. The fourth-order valence-electron chi connectivity index (χ4n) is 2.30. The average molecular weight is 228 g/mol.